The molecule has 5 nitrogen and oxygen atoms in total. The molecule has 0 atom stereocenters. The molecule has 15 heavy (non-hydrogen) atoms. The number of nitrogens with one attached hydrogen (secondary N) is 2. The average molecular weight is 210 g/mol. The maximum absolute atomic E-state index is 11.7. The van der Waals surface area contributed by atoms with Crippen molar-refractivity contribution in [2.75, 3.05) is 0 Å². The van der Waals surface area contributed by atoms with Crippen molar-refractivity contribution in [3.63, 3.8) is 0 Å². The zero-order valence-corrected chi connectivity index (χ0v) is 8.85. The van der Waals surface area contributed by atoms with Crippen LogP contribution < -0.4 is 10.6 Å². The first-order valence-corrected chi connectivity index (χ1v) is 4.78. The number of hydrogen-bond acceptors (Lipinski definition) is 3. The van der Waals surface area contributed by atoms with E-state index in [0.29, 0.717) is 18.4 Å². The largest absolute Gasteiger partial charge is 0.328 e. The van der Waals surface area contributed by atoms with Gasteiger partial charge in [-0.2, -0.15) is 0 Å². The van der Waals surface area contributed by atoms with Crippen molar-refractivity contribution in [3.8, 4) is 0 Å². The molecule has 0 unspecified atom stereocenters. The summed E-state index contributed by atoms with van der Waals surface area (Å²) in [4.78, 5) is 34.3. The number of amides is 4. The molecule has 1 aliphatic heterocycles. The Bertz CT molecular complexity index is 327. The molecule has 0 saturated carbocycles. The molecular weight excluding hydrogens is 196 g/mol. The maximum atomic E-state index is 11.7. The minimum atomic E-state index is -1.29. The molecule has 1 aliphatic rings. The number of rotatable bonds is 3. The van der Waals surface area contributed by atoms with Gasteiger partial charge in [0, 0.05) is 0 Å². The van der Waals surface area contributed by atoms with Crippen molar-refractivity contribution in [3.05, 3.63) is 12.2 Å². The molecule has 1 saturated heterocycles. The Labute approximate surface area is 87.9 Å². The predicted molar refractivity (Wildman–Crippen MR) is 53.8 cm³/mol. The first-order valence-electron chi connectivity index (χ1n) is 4.78. The van der Waals surface area contributed by atoms with Crippen LogP contribution >= 0.6 is 0 Å². The lowest BCUT2D eigenvalue weighted by Crippen LogP contribution is -2.62. The lowest BCUT2D eigenvalue weighted by molar-refractivity contribution is -0.142. The van der Waals surface area contributed by atoms with Crippen molar-refractivity contribution in [1.82, 2.24) is 10.6 Å². The van der Waals surface area contributed by atoms with Gasteiger partial charge >= 0.3 is 6.03 Å². The molecule has 0 radical (unpaired) electrons. The number of imide groups is 2. The number of carbonyl (C=O) groups is 3. The van der Waals surface area contributed by atoms with E-state index in [1.54, 1.807) is 6.92 Å². The van der Waals surface area contributed by atoms with Gasteiger partial charge in [0.05, 0.1) is 0 Å². The summed E-state index contributed by atoms with van der Waals surface area (Å²) >= 11 is 0. The molecule has 1 heterocycles. The van der Waals surface area contributed by atoms with Gasteiger partial charge in [0.15, 0.2) is 0 Å². The lowest BCUT2D eigenvalue weighted by atomic mass is 9.75. The second kappa shape index (κ2) is 3.84. The Morgan fingerprint density at radius 2 is 1.73 bits per heavy atom. The fraction of sp³-hybridized carbons (Fsp3) is 0.500. The summed E-state index contributed by atoms with van der Waals surface area (Å²) in [5.41, 5.74) is -0.838. The second-order valence-corrected chi connectivity index (χ2v) is 3.67. The Morgan fingerprint density at radius 3 is 2.07 bits per heavy atom. The third-order valence-electron chi connectivity index (χ3n) is 2.58. The van der Waals surface area contributed by atoms with Crippen LogP contribution in [0.3, 0.4) is 0 Å². The highest BCUT2D eigenvalue weighted by molar-refractivity contribution is 6.20. The van der Waals surface area contributed by atoms with E-state index in [4.69, 9.17) is 0 Å². The average Bonchev–Trinajstić information content (AvgIpc) is 2.10. The molecule has 0 spiro atoms. The molecule has 1 rings (SSSR count). The summed E-state index contributed by atoms with van der Waals surface area (Å²) in [7, 11) is 0. The van der Waals surface area contributed by atoms with Crippen LogP contribution in [-0.4, -0.2) is 17.8 Å². The van der Waals surface area contributed by atoms with Crippen molar-refractivity contribution in [2.45, 2.75) is 26.7 Å². The first kappa shape index (κ1) is 11.4. The molecule has 5 heteroatoms. The topological polar surface area (TPSA) is 75.3 Å². The molecule has 0 bridgehead atoms. The van der Waals surface area contributed by atoms with Gasteiger partial charge in [-0.25, -0.2) is 4.79 Å². The molecule has 0 aliphatic carbocycles. The molecule has 0 aromatic carbocycles. The van der Waals surface area contributed by atoms with E-state index in [1.165, 1.54) is 0 Å². The third kappa shape index (κ3) is 1.65. The summed E-state index contributed by atoms with van der Waals surface area (Å²) in [6.07, 6.45) is 1.01. The van der Waals surface area contributed by atoms with E-state index in [9.17, 15) is 14.4 Å². The van der Waals surface area contributed by atoms with Gasteiger partial charge in [0.1, 0.15) is 5.41 Å². The molecule has 0 aromatic rings. The smallest absolute Gasteiger partial charge is 0.277 e. The van der Waals surface area contributed by atoms with Crippen LogP contribution in [0.4, 0.5) is 4.79 Å². The molecule has 82 valence electrons. The normalized spacial score (nSPS) is 19.5. The maximum Gasteiger partial charge on any atom is 0.328 e. The monoisotopic (exact) mass is 210 g/mol. The third-order valence-corrected chi connectivity index (χ3v) is 2.58. The zero-order valence-electron chi connectivity index (χ0n) is 8.85. The van der Waals surface area contributed by atoms with Crippen LogP contribution in [0.15, 0.2) is 12.2 Å². The van der Waals surface area contributed by atoms with Crippen LogP contribution in [0.5, 0.6) is 0 Å². The van der Waals surface area contributed by atoms with Crippen molar-refractivity contribution in [2.24, 2.45) is 5.41 Å². The standard InChI is InChI=1S/C10H14N2O3/c1-4-5-10(6(2)3)7(13)11-9(15)12-8(10)14/h2,4-5H2,1,3H3,(H2,11,12,13,14,15). The van der Waals surface area contributed by atoms with E-state index in [2.05, 4.69) is 17.2 Å². The van der Waals surface area contributed by atoms with E-state index in [1.807, 2.05) is 6.92 Å². The lowest BCUT2D eigenvalue weighted by Gasteiger charge is -2.34. The van der Waals surface area contributed by atoms with Crippen molar-refractivity contribution < 1.29 is 14.4 Å². The highest BCUT2D eigenvalue weighted by atomic mass is 16.2. The van der Waals surface area contributed by atoms with Crippen molar-refractivity contribution in [1.29, 1.82) is 0 Å². The second-order valence-electron chi connectivity index (χ2n) is 3.67. The summed E-state index contributed by atoms with van der Waals surface area (Å²) in [5.74, 6) is -1.16. The van der Waals surface area contributed by atoms with Gasteiger partial charge in [-0.05, 0) is 13.3 Å². The van der Waals surface area contributed by atoms with Crippen LogP contribution in [-0.2, 0) is 9.59 Å². The van der Waals surface area contributed by atoms with Crippen LogP contribution in [0.25, 0.3) is 0 Å². The van der Waals surface area contributed by atoms with Gasteiger partial charge in [0.25, 0.3) is 0 Å². The number of urea groups is 1. The highest BCUT2D eigenvalue weighted by Crippen LogP contribution is 2.33. The van der Waals surface area contributed by atoms with Gasteiger partial charge in [-0.3, -0.25) is 20.2 Å². The molecule has 1 fully saturated rings. The number of carbonyl (C=O) groups excluding carboxylic acids is 3. The number of hydrogen-bond donors (Lipinski definition) is 2. The van der Waals surface area contributed by atoms with Gasteiger partial charge in [-0.1, -0.05) is 25.5 Å². The molecule has 0 aromatic heterocycles. The summed E-state index contributed by atoms with van der Waals surface area (Å²) < 4.78 is 0. The molecule has 2 N–H and O–H groups in total. The summed E-state index contributed by atoms with van der Waals surface area (Å²) in [6.45, 7) is 7.14. The highest BCUT2D eigenvalue weighted by Gasteiger charge is 2.50. The fourth-order valence-electron chi connectivity index (χ4n) is 1.76. The SMILES string of the molecule is C=C(C)C1(CCC)C(=O)NC(=O)NC1=O. The quantitative estimate of drug-likeness (QED) is 0.532. The first-order chi connectivity index (χ1) is 6.95. The van der Waals surface area contributed by atoms with Crippen molar-refractivity contribution >= 4 is 17.8 Å². The Kier molecular flexibility index (Phi) is 2.93. The van der Waals surface area contributed by atoms with Crippen LogP contribution in [0.1, 0.15) is 26.7 Å². The van der Waals surface area contributed by atoms with E-state index < -0.39 is 23.3 Å². The van der Waals surface area contributed by atoms with Gasteiger partial charge < -0.3 is 0 Å². The molecule has 4 amide bonds. The van der Waals surface area contributed by atoms with Crippen LogP contribution in [0.2, 0.25) is 0 Å². The minimum absolute atomic E-state index is 0.354. The van der Waals surface area contributed by atoms with Crippen LogP contribution in [0, 0.1) is 5.41 Å². The summed E-state index contributed by atoms with van der Waals surface area (Å²) in [5, 5.41) is 4.19. The van der Waals surface area contributed by atoms with E-state index >= 15 is 0 Å². The van der Waals surface area contributed by atoms with Gasteiger partial charge in [-0.15, -0.1) is 0 Å². The summed E-state index contributed by atoms with van der Waals surface area (Å²) in [6, 6.07) is -0.766. The van der Waals surface area contributed by atoms with E-state index in [-0.39, 0.29) is 0 Å². The number of barbiturate groups is 1. The Balaban J connectivity index is 3.15. The zero-order chi connectivity index (χ0) is 11.6. The van der Waals surface area contributed by atoms with E-state index in [0.717, 1.165) is 0 Å². The Morgan fingerprint density at radius 1 is 1.27 bits per heavy atom. The predicted octanol–water partition coefficient (Wildman–Crippen LogP) is 0.715. The minimum Gasteiger partial charge on any atom is -0.277 e. The molecular formula is C10H14N2O3. The fourth-order valence-corrected chi connectivity index (χ4v) is 1.76. The Hall–Kier alpha value is -1.65. The van der Waals surface area contributed by atoms with Gasteiger partial charge in [0.2, 0.25) is 11.8 Å².